The molecule has 0 aromatic heterocycles. The molecule has 2 rings (SSSR count). The van der Waals surface area contributed by atoms with Gasteiger partial charge in [0, 0.05) is 15.0 Å². The van der Waals surface area contributed by atoms with Crippen molar-refractivity contribution in [3.05, 3.63) is 68.7 Å². The van der Waals surface area contributed by atoms with E-state index >= 15 is 0 Å². The van der Waals surface area contributed by atoms with Gasteiger partial charge in [-0.15, -0.1) is 0 Å². The topological polar surface area (TPSA) is 26.0 Å². The fourth-order valence-corrected chi connectivity index (χ4v) is 3.18. The highest BCUT2D eigenvalue weighted by Gasteiger charge is 2.24. The highest BCUT2D eigenvalue weighted by molar-refractivity contribution is 9.10. The molecule has 0 saturated heterocycles. The minimum atomic E-state index is -0.481. The lowest BCUT2D eigenvalue weighted by atomic mass is 9.86. The molecule has 2 aromatic carbocycles. The molecule has 1 atom stereocenters. The van der Waals surface area contributed by atoms with Gasteiger partial charge in [-0.1, -0.05) is 63.4 Å². The quantitative estimate of drug-likeness (QED) is 0.852. The van der Waals surface area contributed by atoms with Crippen LogP contribution in [0, 0.1) is 6.92 Å². The van der Waals surface area contributed by atoms with Crippen molar-refractivity contribution in [3.63, 3.8) is 0 Å². The molecule has 0 heterocycles. The summed E-state index contributed by atoms with van der Waals surface area (Å²) in [4.78, 5) is 0. The average molecular weight is 339 g/mol. The maximum atomic E-state index is 6.47. The molecule has 0 aliphatic carbocycles. The Bertz CT molecular complexity index is 593. The van der Waals surface area contributed by atoms with Crippen molar-refractivity contribution in [2.75, 3.05) is 0 Å². The van der Waals surface area contributed by atoms with Crippen LogP contribution in [-0.4, -0.2) is 0 Å². The van der Waals surface area contributed by atoms with Gasteiger partial charge >= 0.3 is 0 Å². The van der Waals surface area contributed by atoms with E-state index in [1.54, 1.807) is 0 Å². The molecule has 0 radical (unpaired) electrons. The third kappa shape index (κ3) is 3.59. The van der Waals surface area contributed by atoms with Crippen molar-refractivity contribution in [2.24, 2.45) is 5.73 Å². The van der Waals surface area contributed by atoms with Gasteiger partial charge in [0.1, 0.15) is 0 Å². The van der Waals surface area contributed by atoms with E-state index in [9.17, 15) is 0 Å². The molecule has 3 heteroatoms. The van der Waals surface area contributed by atoms with E-state index in [2.05, 4.69) is 47.1 Å². The van der Waals surface area contributed by atoms with Crippen molar-refractivity contribution in [2.45, 2.75) is 25.8 Å². The molecule has 0 saturated carbocycles. The lowest BCUT2D eigenvalue weighted by Gasteiger charge is -2.27. The normalized spacial score (nSPS) is 14.2. The SMILES string of the molecule is Cc1cccc(CC(C)(N)c2ccc(Br)cc2Cl)c1. The van der Waals surface area contributed by atoms with Crippen LogP contribution in [-0.2, 0) is 12.0 Å². The molecule has 0 aliphatic heterocycles. The number of nitrogens with two attached hydrogens (primary N) is 1. The first-order chi connectivity index (χ1) is 8.88. The molecule has 1 unspecified atom stereocenters. The highest BCUT2D eigenvalue weighted by atomic mass is 79.9. The molecule has 100 valence electrons. The second-order valence-corrected chi connectivity index (χ2v) is 6.53. The standard InChI is InChI=1S/C16H17BrClN/c1-11-4-3-5-12(8-11)10-16(2,19)14-7-6-13(17)9-15(14)18/h3-9H,10,19H2,1-2H3. The number of hydrogen-bond acceptors (Lipinski definition) is 1. The zero-order valence-electron chi connectivity index (χ0n) is 11.1. The van der Waals surface area contributed by atoms with Crippen LogP contribution in [0.5, 0.6) is 0 Å². The van der Waals surface area contributed by atoms with Crippen LogP contribution in [0.25, 0.3) is 0 Å². The maximum absolute atomic E-state index is 6.47. The van der Waals surface area contributed by atoms with E-state index in [4.69, 9.17) is 17.3 Å². The van der Waals surface area contributed by atoms with Crippen molar-refractivity contribution in [1.82, 2.24) is 0 Å². The van der Waals surface area contributed by atoms with Crippen molar-refractivity contribution < 1.29 is 0 Å². The summed E-state index contributed by atoms with van der Waals surface area (Å²) in [5.74, 6) is 0. The van der Waals surface area contributed by atoms with E-state index in [0.717, 1.165) is 16.5 Å². The predicted molar refractivity (Wildman–Crippen MR) is 85.6 cm³/mol. The molecule has 1 nitrogen and oxygen atoms in total. The van der Waals surface area contributed by atoms with E-state index in [1.165, 1.54) is 11.1 Å². The van der Waals surface area contributed by atoms with Crippen molar-refractivity contribution >= 4 is 27.5 Å². The summed E-state index contributed by atoms with van der Waals surface area (Å²) in [6.07, 6.45) is 0.760. The summed E-state index contributed by atoms with van der Waals surface area (Å²) in [7, 11) is 0. The van der Waals surface area contributed by atoms with Gasteiger partial charge in [-0.2, -0.15) is 0 Å². The third-order valence-electron chi connectivity index (χ3n) is 3.20. The molecule has 0 spiro atoms. The fourth-order valence-electron chi connectivity index (χ4n) is 2.29. The molecule has 2 N–H and O–H groups in total. The van der Waals surface area contributed by atoms with Gasteiger partial charge in [0.2, 0.25) is 0 Å². The zero-order chi connectivity index (χ0) is 14.0. The zero-order valence-corrected chi connectivity index (χ0v) is 13.4. The van der Waals surface area contributed by atoms with Gasteiger partial charge in [-0.25, -0.2) is 0 Å². The Hall–Kier alpha value is -0.830. The molecular weight excluding hydrogens is 322 g/mol. The second kappa shape index (κ2) is 5.66. The Morgan fingerprint density at radius 1 is 1.21 bits per heavy atom. The molecule has 0 aliphatic rings. The Labute approximate surface area is 127 Å². The smallest absolute Gasteiger partial charge is 0.0467 e. The van der Waals surface area contributed by atoms with E-state index in [1.807, 2.05) is 25.1 Å². The number of hydrogen-bond donors (Lipinski definition) is 1. The molecule has 0 bridgehead atoms. The lowest BCUT2D eigenvalue weighted by Crippen LogP contribution is -2.35. The number of aryl methyl sites for hydroxylation is 1. The van der Waals surface area contributed by atoms with Crippen LogP contribution < -0.4 is 5.73 Å². The Balaban J connectivity index is 2.31. The van der Waals surface area contributed by atoms with Gasteiger partial charge in [0.25, 0.3) is 0 Å². The largest absolute Gasteiger partial charge is 0.321 e. The van der Waals surface area contributed by atoms with Gasteiger partial charge in [0.15, 0.2) is 0 Å². The Morgan fingerprint density at radius 3 is 2.58 bits per heavy atom. The molecule has 2 aromatic rings. The van der Waals surface area contributed by atoms with E-state index in [0.29, 0.717) is 5.02 Å². The first-order valence-electron chi connectivity index (χ1n) is 6.18. The highest BCUT2D eigenvalue weighted by Crippen LogP contribution is 2.31. The fraction of sp³-hybridized carbons (Fsp3) is 0.250. The van der Waals surface area contributed by atoms with Gasteiger partial charge in [-0.05, 0) is 43.5 Å². The minimum Gasteiger partial charge on any atom is -0.321 e. The number of benzene rings is 2. The molecule has 0 fully saturated rings. The summed E-state index contributed by atoms with van der Waals surface area (Å²) >= 11 is 9.72. The predicted octanol–water partition coefficient (Wildman–Crippen LogP) is 4.83. The summed E-state index contributed by atoms with van der Waals surface area (Å²) < 4.78 is 0.965. The van der Waals surface area contributed by atoms with Crippen LogP contribution in [0.1, 0.15) is 23.6 Å². The van der Waals surface area contributed by atoms with Gasteiger partial charge in [0.05, 0.1) is 0 Å². The first kappa shape index (κ1) is 14.6. The molecule has 0 amide bonds. The first-order valence-corrected chi connectivity index (χ1v) is 7.35. The molecule has 19 heavy (non-hydrogen) atoms. The van der Waals surface area contributed by atoms with E-state index < -0.39 is 5.54 Å². The third-order valence-corrected chi connectivity index (χ3v) is 4.01. The van der Waals surface area contributed by atoms with Crippen LogP contribution in [0.4, 0.5) is 0 Å². The van der Waals surface area contributed by atoms with Crippen molar-refractivity contribution in [3.8, 4) is 0 Å². The summed E-state index contributed by atoms with van der Waals surface area (Å²) in [6.45, 7) is 4.11. The Morgan fingerprint density at radius 2 is 1.95 bits per heavy atom. The van der Waals surface area contributed by atoms with Gasteiger partial charge in [-0.3, -0.25) is 0 Å². The van der Waals surface area contributed by atoms with Crippen LogP contribution >= 0.6 is 27.5 Å². The maximum Gasteiger partial charge on any atom is 0.0467 e. The minimum absolute atomic E-state index is 0.481. The number of halogens is 2. The number of rotatable bonds is 3. The van der Waals surface area contributed by atoms with Crippen LogP contribution in [0.15, 0.2) is 46.9 Å². The summed E-state index contributed by atoms with van der Waals surface area (Å²) in [6, 6.07) is 14.3. The molecular formula is C16H17BrClN. The van der Waals surface area contributed by atoms with Gasteiger partial charge < -0.3 is 5.73 Å². The monoisotopic (exact) mass is 337 g/mol. The van der Waals surface area contributed by atoms with Crippen LogP contribution in [0.3, 0.4) is 0 Å². The van der Waals surface area contributed by atoms with E-state index in [-0.39, 0.29) is 0 Å². The van der Waals surface area contributed by atoms with Crippen molar-refractivity contribution in [1.29, 1.82) is 0 Å². The average Bonchev–Trinajstić information content (AvgIpc) is 2.27. The lowest BCUT2D eigenvalue weighted by molar-refractivity contribution is 0.491. The summed E-state index contributed by atoms with van der Waals surface area (Å²) in [5.41, 5.74) is 9.43. The van der Waals surface area contributed by atoms with Crippen LogP contribution in [0.2, 0.25) is 5.02 Å². The Kier molecular flexibility index (Phi) is 4.34. The summed E-state index contributed by atoms with van der Waals surface area (Å²) in [5, 5.41) is 0.701. The second-order valence-electron chi connectivity index (χ2n) is 5.21.